The Bertz CT molecular complexity index is 234. The van der Waals surface area contributed by atoms with Crippen LogP contribution in [0.5, 0.6) is 0 Å². The number of alkyl halides is 1. The molecule has 0 aromatic carbocycles. The Morgan fingerprint density at radius 3 is 3.00 bits per heavy atom. The first-order chi connectivity index (χ1) is 5.72. The summed E-state index contributed by atoms with van der Waals surface area (Å²) in [6, 6.07) is 0. The fourth-order valence-electron chi connectivity index (χ4n) is 1.04. The van der Waals surface area contributed by atoms with E-state index < -0.39 is 6.17 Å². The molecule has 0 fully saturated rings. The van der Waals surface area contributed by atoms with Crippen LogP contribution in [-0.4, -0.2) is 22.5 Å². The van der Waals surface area contributed by atoms with Crippen molar-refractivity contribution in [1.82, 2.24) is 9.78 Å². The van der Waals surface area contributed by atoms with Gasteiger partial charge in [0.2, 0.25) is 0 Å². The van der Waals surface area contributed by atoms with E-state index >= 15 is 0 Å². The van der Waals surface area contributed by atoms with Crippen LogP contribution >= 0.6 is 0 Å². The summed E-state index contributed by atoms with van der Waals surface area (Å²) in [5.41, 5.74) is 6.21. The Morgan fingerprint density at radius 2 is 2.50 bits per heavy atom. The monoisotopic (exact) mass is 171 g/mol. The number of nitrogens with zero attached hydrogens (tertiary/aromatic N) is 2. The van der Waals surface area contributed by atoms with Crippen molar-refractivity contribution in [3.63, 3.8) is 0 Å². The minimum Gasteiger partial charge on any atom is -0.328 e. The van der Waals surface area contributed by atoms with Gasteiger partial charge < -0.3 is 5.73 Å². The molecule has 1 rings (SSSR count). The molecular weight excluding hydrogens is 157 g/mol. The molecule has 0 aliphatic heterocycles. The summed E-state index contributed by atoms with van der Waals surface area (Å²) >= 11 is 0. The molecule has 0 aliphatic carbocycles. The van der Waals surface area contributed by atoms with E-state index in [0.29, 0.717) is 12.8 Å². The van der Waals surface area contributed by atoms with Gasteiger partial charge in [0, 0.05) is 19.8 Å². The van der Waals surface area contributed by atoms with Crippen LogP contribution in [0.2, 0.25) is 0 Å². The first kappa shape index (κ1) is 9.19. The molecule has 1 atom stereocenters. The van der Waals surface area contributed by atoms with E-state index in [9.17, 15) is 4.39 Å². The molecule has 1 aromatic rings. The van der Waals surface area contributed by atoms with Crippen LogP contribution < -0.4 is 5.73 Å². The molecule has 68 valence electrons. The highest BCUT2D eigenvalue weighted by atomic mass is 19.1. The highest BCUT2D eigenvalue weighted by Gasteiger charge is 2.04. The number of hydrogen-bond acceptors (Lipinski definition) is 2. The quantitative estimate of drug-likeness (QED) is 0.722. The third-order valence-electron chi connectivity index (χ3n) is 1.76. The summed E-state index contributed by atoms with van der Waals surface area (Å²) in [6.07, 6.45) is 3.96. The van der Waals surface area contributed by atoms with E-state index in [-0.39, 0.29) is 6.54 Å². The summed E-state index contributed by atoms with van der Waals surface area (Å²) in [6.45, 7) is 0.111. The fraction of sp³-hybridized carbons (Fsp3) is 0.625. The second kappa shape index (κ2) is 4.21. The van der Waals surface area contributed by atoms with Gasteiger partial charge in [-0.15, -0.1) is 0 Å². The highest BCUT2D eigenvalue weighted by Crippen LogP contribution is 2.05. The third-order valence-corrected chi connectivity index (χ3v) is 1.76. The molecular formula is C8H14FN3. The second-order valence-corrected chi connectivity index (χ2v) is 2.89. The lowest BCUT2D eigenvalue weighted by Gasteiger charge is -2.01. The van der Waals surface area contributed by atoms with Crippen molar-refractivity contribution in [2.75, 3.05) is 6.54 Å². The van der Waals surface area contributed by atoms with Crippen LogP contribution in [0.1, 0.15) is 12.0 Å². The van der Waals surface area contributed by atoms with Crippen LogP contribution in [0.3, 0.4) is 0 Å². The largest absolute Gasteiger partial charge is 0.328 e. The van der Waals surface area contributed by atoms with Crippen molar-refractivity contribution in [2.45, 2.75) is 19.0 Å². The average molecular weight is 171 g/mol. The van der Waals surface area contributed by atoms with Gasteiger partial charge in [-0.1, -0.05) is 0 Å². The molecule has 1 heterocycles. The lowest BCUT2D eigenvalue weighted by molar-refractivity contribution is 0.323. The fourth-order valence-corrected chi connectivity index (χ4v) is 1.04. The maximum Gasteiger partial charge on any atom is 0.113 e. The van der Waals surface area contributed by atoms with E-state index in [1.807, 2.05) is 13.2 Å². The highest BCUT2D eigenvalue weighted by molar-refractivity contribution is 5.03. The van der Waals surface area contributed by atoms with E-state index in [0.717, 1.165) is 5.56 Å². The third kappa shape index (κ3) is 2.62. The molecule has 0 radical (unpaired) electrons. The molecule has 0 saturated heterocycles. The van der Waals surface area contributed by atoms with Crippen molar-refractivity contribution in [3.8, 4) is 0 Å². The Kier molecular flexibility index (Phi) is 3.22. The minimum absolute atomic E-state index is 0.111. The molecule has 1 unspecified atom stereocenters. The summed E-state index contributed by atoms with van der Waals surface area (Å²) < 4.78 is 14.4. The van der Waals surface area contributed by atoms with E-state index in [1.165, 1.54) is 0 Å². The topological polar surface area (TPSA) is 43.8 Å². The van der Waals surface area contributed by atoms with Gasteiger partial charge in [-0.25, -0.2) is 4.39 Å². The number of hydrogen-bond donors (Lipinski definition) is 1. The second-order valence-electron chi connectivity index (χ2n) is 2.89. The molecule has 0 aliphatic rings. The van der Waals surface area contributed by atoms with Crippen LogP contribution in [0.4, 0.5) is 4.39 Å². The predicted molar refractivity (Wildman–Crippen MR) is 45.5 cm³/mol. The molecule has 0 saturated carbocycles. The van der Waals surface area contributed by atoms with Gasteiger partial charge in [0.05, 0.1) is 6.20 Å². The lowest BCUT2D eigenvalue weighted by Crippen LogP contribution is -2.15. The van der Waals surface area contributed by atoms with Gasteiger partial charge in [-0.2, -0.15) is 5.10 Å². The van der Waals surface area contributed by atoms with Crippen LogP contribution in [0, 0.1) is 0 Å². The molecule has 0 spiro atoms. The smallest absolute Gasteiger partial charge is 0.113 e. The van der Waals surface area contributed by atoms with Crippen molar-refractivity contribution in [3.05, 3.63) is 18.0 Å². The van der Waals surface area contributed by atoms with Gasteiger partial charge in [0.1, 0.15) is 6.17 Å². The maximum atomic E-state index is 12.7. The SMILES string of the molecule is Cn1cc(CCC(F)CN)cn1. The molecule has 3 nitrogen and oxygen atoms in total. The molecule has 2 N–H and O–H groups in total. The number of nitrogens with two attached hydrogens (primary N) is 1. The number of rotatable bonds is 4. The summed E-state index contributed by atoms with van der Waals surface area (Å²) in [5.74, 6) is 0. The number of aromatic nitrogens is 2. The standard InChI is InChI=1S/C8H14FN3/c1-12-6-7(5-11-12)2-3-8(9)4-10/h5-6,8H,2-4,10H2,1H3. The minimum atomic E-state index is -0.884. The van der Waals surface area contributed by atoms with Crippen LogP contribution in [0.25, 0.3) is 0 Å². The summed E-state index contributed by atoms with van der Waals surface area (Å²) in [4.78, 5) is 0. The zero-order chi connectivity index (χ0) is 8.97. The van der Waals surface area contributed by atoms with E-state index in [4.69, 9.17) is 5.73 Å². The number of halogens is 1. The van der Waals surface area contributed by atoms with E-state index in [2.05, 4.69) is 5.10 Å². The van der Waals surface area contributed by atoms with Crippen LogP contribution in [0.15, 0.2) is 12.4 Å². The van der Waals surface area contributed by atoms with E-state index in [1.54, 1.807) is 10.9 Å². The molecule has 0 bridgehead atoms. The summed E-state index contributed by atoms with van der Waals surface area (Å²) in [5, 5.41) is 3.98. The van der Waals surface area contributed by atoms with Gasteiger partial charge in [0.15, 0.2) is 0 Å². The van der Waals surface area contributed by atoms with Crippen molar-refractivity contribution < 1.29 is 4.39 Å². The first-order valence-corrected chi connectivity index (χ1v) is 4.04. The number of aryl methyl sites for hydroxylation is 2. The van der Waals surface area contributed by atoms with Gasteiger partial charge in [0.25, 0.3) is 0 Å². The normalized spacial score (nSPS) is 13.2. The Morgan fingerprint density at radius 1 is 1.75 bits per heavy atom. The Hall–Kier alpha value is -0.900. The van der Waals surface area contributed by atoms with Crippen molar-refractivity contribution >= 4 is 0 Å². The lowest BCUT2D eigenvalue weighted by atomic mass is 10.1. The Balaban J connectivity index is 2.33. The maximum absolute atomic E-state index is 12.7. The molecule has 12 heavy (non-hydrogen) atoms. The van der Waals surface area contributed by atoms with Crippen molar-refractivity contribution in [1.29, 1.82) is 0 Å². The van der Waals surface area contributed by atoms with Gasteiger partial charge in [-0.3, -0.25) is 4.68 Å². The average Bonchev–Trinajstić information content (AvgIpc) is 2.47. The Labute approximate surface area is 71.4 Å². The van der Waals surface area contributed by atoms with Gasteiger partial charge in [-0.05, 0) is 18.4 Å². The predicted octanol–water partition coefficient (Wildman–Crippen LogP) is 0.650. The zero-order valence-electron chi connectivity index (χ0n) is 7.20. The van der Waals surface area contributed by atoms with Gasteiger partial charge >= 0.3 is 0 Å². The molecule has 1 aromatic heterocycles. The molecule has 4 heteroatoms. The summed E-state index contributed by atoms with van der Waals surface area (Å²) in [7, 11) is 1.85. The van der Waals surface area contributed by atoms with Crippen molar-refractivity contribution in [2.24, 2.45) is 12.8 Å². The molecule has 0 amide bonds. The zero-order valence-corrected chi connectivity index (χ0v) is 7.20. The first-order valence-electron chi connectivity index (χ1n) is 4.04. The van der Waals surface area contributed by atoms with Crippen LogP contribution in [-0.2, 0) is 13.5 Å².